The van der Waals surface area contributed by atoms with Gasteiger partial charge in [-0.1, -0.05) is 5.10 Å². The number of aromatic nitrogens is 2. The summed E-state index contributed by atoms with van der Waals surface area (Å²) in [5.41, 5.74) is 5.29. The molecule has 1 atom stereocenters. The molecule has 1 aromatic heterocycles. The molecule has 0 bridgehead atoms. The van der Waals surface area contributed by atoms with Gasteiger partial charge < -0.3 is 14.9 Å². The second-order valence-electron chi connectivity index (χ2n) is 3.21. The first kappa shape index (κ1) is 8.50. The van der Waals surface area contributed by atoms with Gasteiger partial charge in [0.25, 0.3) is 0 Å². The maximum atomic E-state index is 5.46. The van der Waals surface area contributed by atoms with E-state index in [4.69, 9.17) is 14.9 Å². The van der Waals surface area contributed by atoms with Gasteiger partial charge in [0.2, 0.25) is 5.89 Å². The SMILES string of the molecule is Nc1nnc(CCC2CCCO2)o1. The molecule has 1 saturated heterocycles. The van der Waals surface area contributed by atoms with Crippen LogP contribution >= 0.6 is 0 Å². The molecule has 0 spiro atoms. The minimum Gasteiger partial charge on any atom is -0.408 e. The van der Waals surface area contributed by atoms with Gasteiger partial charge in [0.1, 0.15) is 0 Å². The lowest BCUT2D eigenvalue weighted by molar-refractivity contribution is 0.103. The second-order valence-corrected chi connectivity index (χ2v) is 3.21. The smallest absolute Gasteiger partial charge is 0.312 e. The van der Waals surface area contributed by atoms with Crippen molar-refractivity contribution in [2.45, 2.75) is 31.8 Å². The van der Waals surface area contributed by atoms with Crippen molar-refractivity contribution >= 4 is 6.01 Å². The number of hydrogen-bond donors (Lipinski definition) is 1. The molecule has 1 unspecified atom stereocenters. The van der Waals surface area contributed by atoms with Crippen LogP contribution in [-0.2, 0) is 11.2 Å². The molecular weight excluding hydrogens is 170 g/mol. The number of nitrogens with two attached hydrogens (primary N) is 1. The van der Waals surface area contributed by atoms with Crippen molar-refractivity contribution < 1.29 is 9.15 Å². The predicted molar refractivity (Wildman–Crippen MR) is 46.0 cm³/mol. The Labute approximate surface area is 76.3 Å². The van der Waals surface area contributed by atoms with Crippen LogP contribution in [0.4, 0.5) is 6.01 Å². The van der Waals surface area contributed by atoms with Crippen molar-refractivity contribution in [2.75, 3.05) is 12.3 Å². The number of rotatable bonds is 3. The van der Waals surface area contributed by atoms with Gasteiger partial charge in [-0.3, -0.25) is 0 Å². The van der Waals surface area contributed by atoms with E-state index in [1.165, 1.54) is 0 Å². The highest BCUT2D eigenvalue weighted by molar-refractivity contribution is 5.04. The van der Waals surface area contributed by atoms with E-state index in [1.54, 1.807) is 0 Å². The van der Waals surface area contributed by atoms with E-state index in [0.717, 1.165) is 32.3 Å². The molecule has 1 aliphatic rings. The van der Waals surface area contributed by atoms with E-state index in [0.29, 0.717) is 12.0 Å². The minimum atomic E-state index is 0.141. The van der Waals surface area contributed by atoms with Crippen LogP contribution < -0.4 is 5.73 Å². The van der Waals surface area contributed by atoms with E-state index < -0.39 is 0 Å². The predicted octanol–water partition coefficient (Wildman–Crippen LogP) is 0.763. The van der Waals surface area contributed by atoms with Crippen LogP contribution in [0.2, 0.25) is 0 Å². The molecule has 13 heavy (non-hydrogen) atoms. The first-order chi connectivity index (χ1) is 6.34. The lowest BCUT2D eigenvalue weighted by atomic mass is 10.1. The highest BCUT2D eigenvalue weighted by Crippen LogP contribution is 2.17. The molecule has 0 aliphatic carbocycles. The third-order valence-electron chi connectivity index (χ3n) is 2.19. The van der Waals surface area contributed by atoms with Crippen LogP contribution in [0.3, 0.4) is 0 Å². The summed E-state index contributed by atoms with van der Waals surface area (Å²) in [6, 6.07) is 0.141. The van der Waals surface area contributed by atoms with Crippen LogP contribution in [0.15, 0.2) is 4.42 Å². The molecule has 72 valence electrons. The van der Waals surface area contributed by atoms with Gasteiger partial charge in [0.05, 0.1) is 6.10 Å². The second kappa shape index (κ2) is 3.74. The Hall–Kier alpha value is -1.10. The van der Waals surface area contributed by atoms with Crippen LogP contribution in [0.25, 0.3) is 0 Å². The van der Waals surface area contributed by atoms with E-state index >= 15 is 0 Å². The van der Waals surface area contributed by atoms with Crippen molar-refractivity contribution in [3.05, 3.63) is 5.89 Å². The largest absolute Gasteiger partial charge is 0.408 e. The molecule has 5 heteroatoms. The van der Waals surface area contributed by atoms with Crippen molar-refractivity contribution in [1.82, 2.24) is 10.2 Å². The fourth-order valence-electron chi connectivity index (χ4n) is 1.52. The summed E-state index contributed by atoms with van der Waals surface area (Å²) in [7, 11) is 0. The van der Waals surface area contributed by atoms with E-state index in [-0.39, 0.29) is 6.01 Å². The van der Waals surface area contributed by atoms with E-state index in [2.05, 4.69) is 10.2 Å². The summed E-state index contributed by atoms with van der Waals surface area (Å²) in [6.45, 7) is 0.886. The fourth-order valence-corrected chi connectivity index (χ4v) is 1.52. The fraction of sp³-hybridized carbons (Fsp3) is 0.750. The lowest BCUT2D eigenvalue weighted by Crippen LogP contribution is -2.06. The van der Waals surface area contributed by atoms with Crippen molar-refractivity contribution in [3.8, 4) is 0 Å². The Morgan fingerprint density at radius 1 is 1.46 bits per heavy atom. The Morgan fingerprint density at radius 3 is 3.00 bits per heavy atom. The third kappa shape index (κ3) is 2.18. The third-order valence-corrected chi connectivity index (χ3v) is 2.19. The number of nitrogen functional groups attached to an aromatic ring is 1. The normalized spacial score (nSPS) is 22.3. The van der Waals surface area contributed by atoms with Gasteiger partial charge in [-0.05, 0) is 19.3 Å². The average Bonchev–Trinajstić information content (AvgIpc) is 2.71. The minimum absolute atomic E-state index is 0.141. The summed E-state index contributed by atoms with van der Waals surface area (Å²) in [6.07, 6.45) is 4.38. The molecule has 2 N–H and O–H groups in total. The van der Waals surface area contributed by atoms with Crippen LogP contribution in [0, 0.1) is 0 Å². The van der Waals surface area contributed by atoms with Crippen molar-refractivity contribution in [1.29, 1.82) is 0 Å². The molecule has 0 radical (unpaired) electrons. The van der Waals surface area contributed by atoms with Crippen LogP contribution in [0.5, 0.6) is 0 Å². The number of aryl methyl sites for hydroxylation is 1. The first-order valence-electron chi connectivity index (χ1n) is 4.54. The Kier molecular flexibility index (Phi) is 2.44. The van der Waals surface area contributed by atoms with Gasteiger partial charge in [-0.15, -0.1) is 5.10 Å². The number of hydrogen-bond acceptors (Lipinski definition) is 5. The summed E-state index contributed by atoms with van der Waals surface area (Å²) in [5, 5.41) is 7.36. The zero-order valence-corrected chi connectivity index (χ0v) is 7.40. The van der Waals surface area contributed by atoms with Crippen LogP contribution in [0.1, 0.15) is 25.2 Å². The highest BCUT2D eigenvalue weighted by atomic mass is 16.5. The standard InChI is InChI=1S/C8H13N3O2/c9-8-11-10-7(13-8)4-3-6-2-1-5-12-6/h6H,1-5H2,(H2,9,11). The first-order valence-corrected chi connectivity index (χ1v) is 4.54. The molecule has 5 nitrogen and oxygen atoms in total. The number of nitrogens with zero attached hydrogens (tertiary/aromatic N) is 2. The molecule has 0 saturated carbocycles. The molecule has 1 aromatic rings. The molecule has 1 aliphatic heterocycles. The Bertz CT molecular complexity index is 268. The molecule has 0 amide bonds. The van der Waals surface area contributed by atoms with Crippen LogP contribution in [-0.4, -0.2) is 22.9 Å². The maximum Gasteiger partial charge on any atom is 0.312 e. The van der Waals surface area contributed by atoms with Gasteiger partial charge >= 0.3 is 6.01 Å². The highest BCUT2D eigenvalue weighted by Gasteiger charge is 2.16. The monoisotopic (exact) mass is 183 g/mol. The zero-order valence-electron chi connectivity index (χ0n) is 7.40. The molecule has 2 heterocycles. The topological polar surface area (TPSA) is 74.2 Å². The Balaban J connectivity index is 1.78. The summed E-state index contributed by atoms with van der Waals surface area (Å²) < 4.78 is 10.5. The summed E-state index contributed by atoms with van der Waals surface area (Å²) >= 11 is 0. The van der Waals surface area contributed by atoms with Crippen molar-refractivity contribution in [2.24, 2.45) is 0 Å². The maximum absolute atomic E-state index is 5.46. The lowest BCUT2D eigenvalue weighted by Gasteiger charge is -2.05. The Morgan fingerprint density at radius 2 is 2.38 bits per heavy atom. The van der Waals surface area contributed by atoms with Gasteiger partial charge in [0.15, 0.2) is 0 Å². The van der Waals surface area contributed by atoms with Gasteiger partial charge in [0, 0.05) is 13.0 Å². The molecular formula is C8H13N3O2. The van der Waals surface area contributed by atoms with Crippen molar-refractivity contribution in [3.63, 3.8) is 0 Å². The van der Waals surface area contributed by atoms with E-state index in [9.17, 15) is 0 Å². The summed E-state index contributed by atoms with van der Waals surface area (Å²) in [4.78, 5) is 0. The van der Waals surface area contributed by atoms with Gasteiger partial charge in [-0.25, -0.2) is 0 Å². The quantitative estimate of drug-likeness (QED) is 0.748. The number of ether oxygens (including phenoxy) is 1. The summed E-state index contributed by atoms with van der Waals surface area (Å²) in [5.74, 6) is 0.605. The average molecular weight is 183 g/mol. The van der Waals surface area contributed by atoms with Gasteiger partial charge in [-0.2, -0.15) is 0 Å². The van der Waals surface area contributed by atoms with E-state index in [1.807, 2.05) is 0 Å². The molecule has 2 rings (SSSR count). The molecule has 1 fully saturated rings. The number of anilines is 1. The molecule has 0 aromatic carbocycles. The zero-order chi connectivity index (χ0) is 9.10.